The zero-order chi connectivity index (χ0) is 13.3. The van der Waals surface area contributed by atoms with Gasteiger partial charge in [-0.3, -0.25) is 4.68 Å². The van der Waals surface area contributed by atoms with E-state index in [2.05, 4.69) is 5.10 Å². The number of halogens is 4. The zero-order valence-corrected chi connectivity index (χ0v) is 8.95. The van der Waals surface area contributed by atoms with E-state index in [1.54, 1.807) is 0 Å². The molecule has 0 saturated heterocycles. The van der Waals surface area contributed by atoms with Crippen LogP contribution in [0, 0.1) is 5.82 Å². The average Bonchev–Trinajstić information content (AvgIpc) is 2.67. The van der Waals surface area contributed by atoms with Crippen molar-refractivity contribution in [1.29, 1.82) is 0 Å². The number of rotatable bonds is 2. The monoisotopic (exact) mass is 260 g/mol. The molecule has 0 aliphatic carbocycles. The molecule has 2 rings (SSSR count). The third-order valence-electron chi connectivity index (χ3n) is 2.24. The van der Waals surface area contributed by atoms with Crippen LogP contribution in [0.15, 0.2) is 30.6 Å². The summed E-state index contributed by atoms with van der Waals surface area (Å²) >= 11 is 0. The summed E-state index contributed by atoms with van der Waals surface area (Å²) < 4.78 is 50.5. The Balaban J connectivity index is 2.32. The number of aromatic nitrogens is 2. The largest absolute Gasteiger partial charge is 0.508 e. The lowest BCUT2D eigenvalue weighted by Crippen LogP contribution is -2.17. The van der Waals surface area contributed by atoms with Crippen molar-refractivity contribution in [1.82, 2.24) is 9.78 Å². The number of hydrogen-bond donors (Lipinski definition) is 1. The second kappa shape index (κ2) is 4.32. The molecule has 0 spiro atoms. The Morgan fingerprint density at radius 2 is 2.00 bits per heavy atom. The van der Waals surface area contributed by atoms with Gasteiger partial charge in [-0.1, -0.05) is 0 Å². The van der Waals surface area contributed by atoms with Crippen LogP contribution in [0.5, 0.6) is 5.75 Å². The van der Waals surface area contributed by atoms with Gasteiger partial charge in [-0.2, -0.15) is 18.3 Å². The first-order chi connectivity index (χ1) is 8.35. The normalized spacial score (nSPS) is 11.8. The van der Waals surface area contributed by atoms with Gasteiger partial charge in [-0.25, -0.2) is 4.39 Å². The summed E-state index contributed by atoms with van der Waals surface area (Å²) in [5.41, 5.74) is 0.177. The van der Waals surface area contributed by atoms with Crippen molar-refractivity contribution in [3.05, 3.63) is 36.4 Å². The summed E-state index contributed by atoms with van der Waals surface area (Å²) in [6, 6.07) is 3.31. The Hall–Kier alpha value is -2.05. The van der Waals surface area contributed by atoms with E-state index in [1.165, 1.54) is 0 Å². The Morgan fingerprint density at radius 3 is 2.67 bits per heavy atom. The van der Waals surface area contributed by atoms with Crippen LogP contribution in [-0.4, -0.2) is 21.1 Å². The lowest BCUT2D eigenvalue weighted by atomic mass is 10.1. The Labute approximate surface area is 99.3 Å². The van der Waals surface area contributed by atoms with Crippen molar-refractivity contribution in [2.75, 3.05) is 0 Å². The summed E-state index contributed by atoms with van der Waals surface area (Å²) in [7, 11) is 0. The van der Waals surface area contributed by atoms with E-state index in [0.717, 1.165) is 30.6 Å². The molecule has 1 aromatic carbocycles. The van der Waals surface area contributed by atoms with Crippen LogP contribution < -0.4 is 0 Å². The fourth-order valence-corrected chi connectivity index (χ4v) is 1.51. The first kappa shape index (κ1) is 12.4. The molecule has 1 heterocycles. The molecule has 0 bridgehead atoms. The van der Waals surface area contributed by atoms with Gasteiger partial charge in [0.05, 0.1) is 6.20 Å². The molecule has 0 unspecified atom stereocenters. The molecular formula is C11H8F4N2O. The molecular weight excluding hydrogens is 252 g/mol. The maximum atomic E-state index is 13.4. The van der Waals surface area contributed by atoms with Gasteiger partial charge in [-0.15, -0.1) is 0 Å². The van der Waals surface area contributed by atoms with Gasteiger partial charge in [-0.05, 0) is 18.2 Å². The Morgan fingerprint density at radius 1 is 1.28 bits per heavy atom. The highest BCUT2D eigenvalue weighted by Crippen LogP contribution is 2.27. The van der Waals surface area contributed by atoms with E-state index in [-0.39, 0.29) is 16.9 Å². The molecule has 1 N–H and O–H groups in total. The van der Waals surface area contributed by atoms with Crippen LogP contribution in [0.1, 0.15) is 0 Å². The summed E-state index contributed by atoms with van der Waals surface area (Å²) in [4.78, 5) is 0. The topological polar surface area (TPSA) is 38.1 Å². The average molecular weight is 260 g/mol. The SMILES string of the molecule is Oc1ccc(F)c(-c2cnn(CC(F)(F)F)c2)c1. The Kier molecular flexibility index (Phi) is 2.98. The smallest absolute Gasteiger partial charge is 0.408 e. The van der Waals surface area contributed by atoms with Crippen LogP contribution in [0.3, 0.4) is 0 Å². The number of aromatic hydroxyl groups is 1. The van der Waals surface area contributed by atoms with Crippen LogP contribution >= 0.6 is 0 Å². The predicted molar refractivity (Wildman–Crippen MR) is 55.3 cm³/mol. The number of phenols is 1. The predicted octanol–water partition coefficient (Wildman–Crippen LogP) is 2.96. The van der Waals surface area contributed by atoms with Gasteiger partial charge in [0.2, 0.25) is 0 Å². The molecule has 0 radical (unpaired) electrons. The van der Waals surface area contributed by atoms with Crippen molar-refractivity contribution in [3.8, 4) is 16.9 Å². The first-order valence-corrected chi connectivity index (χ1v) is 4.93. The van der Waals surface area contributed by atoms with Gasteiger partial charge >= 0.3 is 6.18 Å². The standard InChI is InChI=1S/C11H8F4N2O/c12-10-2-1-8(18)3-9(10)7-4-16-17(5-7)6-11(13,14)15/h1-5,18H,6H2. The van der Waals surface area contributed by atoms with Crippen LogP contribution in [-0.2, 0) is 6.54 Å². The number of benzene rings is 1. The molecule has 0 aliphatic rings. The summed E-state index contributed by atoms with van der Waals surface area (Å²) in [6.45, 7) is -1.24. The van der Waals surface area contributed by atoms with Crippen molar-refractivity contribution in [2.24, 2.45) is 0 Å². The van der Waals surface area contributed by atoms with Crippen molar-refractivity contribution < 1.29 is 22.7 Å². The molecule has 18 heavy (non-hydrogen) atoms. The van der Waals surface area contributed by atoms with E-state index in [1.807, 2.05) is 0 Å². The highest BCUT2D eigenvalue weighted by molar-refractivity contribution is 5.64. The minimum atomic E-state index is -4.39. The van der Waals surface area contributed by atoms with Gasteiger partial charge in [0.15, 0.2) is 0 Å². The van der Waals surface area contributed by atoms with Crippen LogP contribution in [0.2, 0.25) is 0 Å². The third-order valence-corrected chi connectivity index (χ3v) is 2.24. The second-order valence-electron chi connectivity index (χ2n) is 3.71. The molecule has 2 aromatic rings. The number of nitrogens with zero attached hydrogens (tertiary/aromatic N) is 2. The number of phenolic OH excluding ortho intramolecular Hbond substituents is 1. The Bertz CT molecular complexity index is 562. The molecule has 0 atom stereocenters. The lowest BCUT2D eigenvalue weighted by molar-refractivity contribution is -0.142. The van der Waals surface area contributed by atoms with E-state index in [4.69, 9.17) is 0 Å². The van der Waals surface area contributed by atoms with Crippen molar-refractivity contribution in [2.45, 2.75) is 12.7 Å². The highest BCUT2D eigenvalue weighted by Gasteiger charge is 2.28. The fourth-order valence-electron chi connectivity index (χ4n) is 1.51. The van der Waals surface area contributed by atoms with Gasteiger partial charge in [0, 0.05) is 17.3 Å². The lowest BCUT2D eigenvalue weighted by Gasteiger charge is -2.05. The van der Waals surface area contributed by atoms with E-state index in [0.29, 0.717) is 4.68 Å². The molecule has 0 aliphatic heterocycles. The summed E-state index contributed by atoms with van der Waals surface area (Å²) in [5.74, 6) is -0.811. The molecule has 3 nitrogen and oxygen atoms in total. The van der Waals surface area contributed by atoms with E-state index >= 15 is 0 Å². The fraction of sp³-hybridized carbons (Fsp3) is 0.182. The summed E-state index contributed by atoms with van der Waals surface area (Å²) in [6.07, 6.45) is -2.20. The van der Waals surface area contributed by atoms with Gasteiger partial charge < -0.3 is 5.11 Å². The summed E-state index contributed by atoms with van der Waals surface area (Å²) in [5, 5.41) is 12.7. The molecule has 1 aromatic heterocycles. The maximum Gasteiger partial charge on any atom is 0.408 e. The maximum absolute atomic E-state index is 13.4. The van der Waals surface area contributed by atoms with Crippen molar-refractivity contribution in [3.63, 3.8) is 0 Å². The van der Waals surface area contributed by atoms with E-state index < -0.39 is 18.5 Å². The van der Waals surface area contributed by atoms with Crippen molar-refractivity contribution >= 4 is 0 Å². The van der Waals surface area contributed by atoms with Gasteiger partial charge in [0.25, 0.3) is 0 Å². The molecule has 7 heteroatoms. The first-order valence-electron chi connectivity index (χ1n) is 4.93. The quantitative estimate of drug-likeness (QED) is 0.843. The minimum absolute atomic E-state index is 0.00317. The zero-order valence-electron chi connectivity index (χ0n) is 8.95. The highest BCUT2D eigenvalue weighted by atomic mass is 19.4. The second-order valence-corrected chi connectivity index (χ2v) is 3.71. The van der Waals surface area contributed by atoms with Crippen LogP contribution in [0.25, 0.3) is 11.1 Å². The number of alkyl halides is 3. The minimum Gasteiger partial charge on any atom is -0.508 e. The van der Waals surface area contributed by atoms with E-state index in [9.17, 15) is 22.7 Å². The molecule has 0 saturated carbocycles. The molecule has 0 fully saturated rings. The third kappa shape index (κ3) is 2.79. The molecule has 96 valence electrons. The van der Waals surface area contributed by atoms with Gasteiger partial charge in [0.1, 0.15) is 18.1 Å². The number of hydrogen-bond acceptors (Lipinski definition) is 2. The molecule has 0 amide bonds. The van der Waals surface area contributed by atoms with Crippen LogP contribution in [0.4, 0.5) is 17.6 Å².